The van der Waals surface area contributed by atoms with E-state index in [1.165, 1.54) is 22.9 Å². The van der Waals surface area contributed by atoms with E-state index in [9.17, 15) is 14.7 Å². The lowest BCUT2D eigenvalue weighted by molar-refractivity contribution is 0.0695. The standard InChI is InChI=1S/C18H13ClN2O3/c19-15-4-1-12(2-5-15)17(13-7-9-20-10-8-13)21-11-14(18(23)24)3-6-16(21)22/h1-11,17H,(H,23,24)/t17-/m0/s1. The first-order chi connectivity index (χ1) is 11.6. The molecule has 0 bridgehead atoms. The Morgan fingerprint density at radius 1 is 1.00 bits per heavy atom. The second-order valence-corrected chi connectivity index (χ2v) is 5.64. The summed E-state index contributed by atoms with van der Waals surface area (Å²) in [6.45, 7) is 0. The fraction of sp³-hybridized carbons (Fsp3) is 0.0556. The summed E-state index contributed by atoms with van der Waals surface area (Å²) in [7, 11) is 0. The summed E-state index contributed by atoms with van der Waals surface area (Å²) in [6, 6.07) is 12.8. The van der Waals surface area contributed by atoms with Crippen LogP contribution in [-0.4, -0.2) is 20.6 Å². The van der Waals surface area contributed by atoms with Crippen LogP contribution in [0.4, 0.5) is 0 Å². The molecule has 0 aliphatic heterocycles. The summed E-state index contributed by atoms with van der Waals surface area (Å²) < 4.78 is 1.40. The van der Waals surface area contributed by atoms with E-state index in [1.54, 1.807) is 36.7 Å². The molecule has 3 aromatic rings. The van der Waals surface area contributed by atoms with Gasteiger partial charge in [-0.15, -0.1) is 0 Å². The third-order valence-electron chi connectivity index (χ3n) is 3.67. The molecule has 0 spiro atoms. The quantitative estimate of drug-likeness (QED) is 0.791. The molecular formula is C18H13ClN2O3. The lowest BCUT2D eigenvalue weighted by Gasteiger charge is -2.21. The number of pyridine rings is 2. The smallest absolute Gasteiger partial charge is 0.337 e. The van der Waals surface area contributed by atoms with E-state index < -0.39 is 12.0 Å². The van der Waals surface area contributed by atoms with Gasteiger partial charge in [-0.1, -0.05) is 23.7 Å². The lowest BCUT2D eigenvalue weighted by Crippen LogP contribution is -2.26. The molecule has 6 heteroatoms. The van der Waals surface area contributed by atoms with Gasteiger partial charge in [0.2, 0.25) is 0 Å². The monoisotopic (exact) mass is 340 g/mol. The molecule has 2 aromatic heterocycles. The van der Waals surface area contributed by atoms with Gasteiger partial charge in [-0.2, -0.15) is 0 Å². The number of hydrogen-bond acceptors (Lipinski definition) is 3. The average Bonchev–Trinajstić information content (AvgIpc) is 2.59. The van der Waals surface area contributed by atoms with E-state index in [4.69, 9.17) is 11.6 Å². The Kier molecular flexibility index (Phi) is 4.44. The minimum atomic E-state index is -1.09. The molecule has 1 atom stereocenters. The zero-order valence-corrected chi connectivity index (χ0v) is 13.2. The van der Waals surface area contributed by atoms with Crippen LogP contribution in [0.15, 0.2) is 71.9 Å². The van der Waals surface area contributed by atoms with Gasteiger partial charge in [0.15, 0.2) is 0 Å². The number of carboxylic acids is 1. The minimum absolute atomic E-state index is 0.0441. The molecule has 2 heterocycles. The van der Waals surface area contributed by atoms with Crippen LogP contribution in [0.2, 0.25) is 5.02 Å². The molecule has 1 aromatic carbocycles. The predicted octanol–water partition coefficient (Wildman–Crippen LogP) is 3.23. The number of aromatic nitrogens is 2. The summed E-state index contributed by atoms with van der Waals surface area (Å²) in [4.78, 5) is 27.6. The van der Waals surface area contributed by atoms with Crippen LogP contribution in [0.3, 0.4) is 0 Å². The zero-order chi connectivity index (χ0) is 17.1. The largest absolute Gasteiger partial charge is 0.478 e. The number of nitrogens with zero attached hydrogens (tertiary/aromatic N) is 2. The molecule has 0 saturated carbocycles. The Morgan fingerprint density at radius 3 is 2.25 bits per heavy atom. The van der Waals surface area contributed by atoms with Gasteiger partial charge in [0.05, 0.1) is 11.6 Å². The second kappa shape index (κ2) is 6.68. The van der Waals surface area contributed by atoms with Gasteiger partial charge in [0.1, 0.15) is 0 Å². The van der Waals surface area contributed by atoms with Gasteiger partial charge in [-0.25, -0.2) is 4.79 Å². The van der Waals surface area contributed by atoms with E-state index in [1.807, 2.05) is 12.1 Å². The molecule has 0 unspecified atom stereocenters. The molecule has 0 aliphatic carbocycles. The van der Waals surface area contributed by atoms with Crippen LogP contribution in [0.25, 0.3) is 0 Å². The maximum atomic E-state index is 12.4. The van der Waals surface area contributed by atoms with E-state index in [-0.39, 0.29) is 11.1 Å². The SMILES string of the molecule is O=C(O)c1ccc(=O)n([C@H](c2ccncc2)c2ccc(Cl)cc2)c1. The summed E-state index contributed by atoms with van der Waals surface area (Å²) in [5.74, 6) is -1.09. The second-order valence-electron chi connectivity index (χ2n) is 5.20. The molecule has 0 radical (unpaired) electrons. The van der Waals surface area contributed by atoms with Crippen molar-refractivity contribution in [3.05, 3.63) is 99.2 Å². The Morgan fingerprint density at radius 2 is 1.62 bits per heavy atom. The number of hydrogen-bond donors (Lipinski definition) is 1. The van der Waals surface area contributed by atoms with Crippen LogP contribution in [-0.2, 0) is 0 Å². The number of aromatic carboxylic acids is 1. The topological polar surface area (TPSA) is 72.2 Å². The number of carboxylic acid groups (broad SMARTS) is 1. The first-order valence-electron chi connectivity index (χ1n) is 7.17. The van der Waals surface area contributed by atoms with Crippen molar-refractivity contribution < 1.29 is 9.90 Å². The normalized spacial score (nSPS) is 11.9. The van der Waals surface area contributed by atoms with Crippen molar-refractivity contribution >= 4 is 17.6 Å². The van der Waals surface area contributed by atoms with E-state index in [0.717, 1.165) is 11.1 Å². The highest BCUT2D eigenvalue weighted by Gasteiger charge is 2.19. The molecule has 0 fully saturated rings. The molecule has 24 heavy (non-hydrogen) atoms. The number of halogens is 1. The van der Waals surface area contributed by atoms with E-state index in [2.05, 4.69) is 4.98 Å². The highest BCUT2D eigenvalue weighted by molar-refractivity contribution is 6.30. The van der Waals surface area contributed by atoms with Crippen LogP contribution in [0.1, 0.15) is 27.5 Å². The van der Waals surface area contributed by atoms with Crippen LogP contribution in [0, 0.1) is 0 Å². The molecule has 5 nitrogen and oxygen atoms in total. The van der Waals surface area contributed by atoms with Crippen LogP contribution in [0.5, 0.6) is 0 Å². The van der Waals surface area contributed by atoms with Crippen molar-refractivity contribution in [3.63, 3.8) is 0 Å². The van der Waals surface area contributed by atoms with Gasteiger partial charge >= 0.3 is 5.97 Å². The minimum Gasteiger partial charge on any atom is -0.478 e. The number of benzene rings is 1. The number of rotatable bonds is 4. The van der Waals surface area contributed by atoms with Gasteiger partial charge in [0.25, 0.3) is 5.56 Å². The average molecular weight is 341 g/mol. The molecule has 3 rings (SSSR count). The highest BCUT2D eigenvalue weighted by atomic mass is 35.5. The molecule has 1 N–H and O–H groups in total. The third-order valence-corrected chi connectivity index (χ3v) is 3.92. The van der Waals surface area contributed by atoms with Gasteiger partial charge < -0.3 is 9.67 Å². The molecule has 0 amide bonds. The Hall–Kier alpha value is -2.92. The molecule has 120 valence electrons. The van der Waals surface area contributed by atoms with Gasteiger partial charge in [0, 0.05) is 29.7 Å². The summed E-state index contributed by atoms with van der Waals surface area (Å²) >= 11 is 5.95. The van der Waals surface area contributed by atoms with Crippen molar-refractivity contribution in [1.82, 2.24) is 9.55 Å². The van der Waals surface area contributed by atoms with Crippen molar-refractivity contribution in [2.24, 2.45) is 0 Å². The number of carbonyl (C=O) groups is 1. The van der Waals surface area contributed by atoms with Crippen molar-refractivity contribution in [1.29, 1.82) is 0 Å². The van der Waals surface area contributed by atoms with E-state index in [0.29, 0.717) is 5.02 Å². The van der Waals surface area contributed by atoms with Crippen LogP contribution >= 0.6 is 11.6 Å². The Bertz CT molecular complexity index is 921. The Balaban J connectivity index is 2.22. The first kappa shape index (κ1) is 16.0. The maximum Gasteiger partial charge on any atom is 0.337 e. The Labute approximate surface area is 142 Å². The third kappa shape index (κ3) is 3.21. The zero-order valence-electron chi connectivity index (χ0n) is 12.5. The summed E-state index contributed by atoms with van der Waals surface area (Å²) in [5.41, 5.74) is 1.38. The predicted molar refractivity (Wildman–Crippen MR) is 90.6 cm³/mol. The van der Waals surface area contributed by atoms with Crippen LogP contribution < -0.4 is 5.56 Å². The highest BCUT2D eigenvalue weighted by Crippen LogP contribution is 2.26. The fourth-order valence-electron chi connectivity index (χ4n) is 2.54. The molecule has 0 saturated heterocycles. The van der Waals surface area contributed by atoms with Crippen molar-refractivity contribution in [2.45, 2.75) is 6.04 Å². The maximum absolute atomic E-state index is 12.4. The van der Waals surface area contributed by atoms with Crippen molar-refractivity contribution in [2.75, 3.05) is 0 Å². The lowest BCUT2D eigenvalue weighted by atomic mass is 9.99. The van der Waals surface area contributed by atoms with Gasteiger partial charge in [-0.05, 0) is 41.5 Å². The van der Waals surface area contributed by atoms with Crippen molar-refractivity contribution in [3.8, 4) is 0 Å². The summed E-state index contributed by atoms with van der Waals surface area (Å²) in [5, 5.41) is 9.80. The summed E-state index contributed by atoms with van der Waals surface area (Å²) in [6.07, 6.45) is 4.61. The van der Waals surface area contributed by atoms with Gasteiger partial charge in [-0.3, -0.25) is 9.78 Å². The fourth-order valence-corrected chi connectivity index (χ4v) is 2.66. The molecular weight excluding hydrogens is 328 g/mol. The molecule has 0 aliphatic rings. The van der Waals surface area contributed by atoms with E-state index >= 15 is 0 Å². The first-order valence-corrected chi connectivity index (χ1v) is 7.55.